The van der Waals surface area contributed by atoms with Crippen LogP contribution >= 0.6 is 0 Å². The Hall–Kier alpha value is -2.04. The van der Waals surface area contributed by atoms with Crippen molar-refractivity contribution in [2.75, 3.05) is 19.0 Å². The van der Waals surface area contributed by atoms with E-state index < -0.39 is 6.04 Å². The van der Waals surface area contributed by atoms with Crippen molar-refractivity contribution >= 4 is 17.5 Å². The summed E-state index contributed by atoms with van der Waals surface area (Å²) < 4.78 is 0. The van der Waals surface area contributed by atoms with Gasteiger partial charge in [0.2, 0.25) is 11.8 Å². The molecular formula is C21H33N3O2. The second-order valence-electron chi connectivity index (χ2n) is 7.84. The molecule has 0 bridgehead atoms. The Labute approximate surface area is 157 Å². The van der Waals surface area contributed by atoms with Gasteiger partial charge >= 0.3 is 0 Å². The summed E-state index contributed by atoms with van der Waals surface area (Å²) in [5.41, 5.74) is 2.17. The maximum Gasteiger partial charge on any atom is 0.243 e. The number of nitrogens with zero attached hydrogens (tertiary/aromatic N) is 1. The van der Waals surface area contributed by atoms with Crippen molar-refractivity contribution in [2.45, 2.75) is 58.5 Å². The Morgan fingerprint density at radius 2 is 1.69 bits per heavy atom. The minimum absolute atomic E-state index is 0.0360. The summed E-state index contributed by atoms with van der Waals surface area (Å²) in [6.45, 7) is 4.41. The summed E-state index contributed by atoms with van der Waals surface area (Å²) in [4.78, 5) is 27.2. The molecule has 0 aromatic heterocycles. The minimum Gasteiger partial charge on any atom is -0.378 e. The van der Waals surface area contributed by atoms with Crippen LogP contribution in [0.4, 0.5) is 5.69 Å². The van der Waals surface area contributed by atoms with Crippen LogP contribution in [0.25, 0.3) is 0 Å². The predicted octanol–water partition coefficient (Wildman–Crippen LogP) is 3.09. The highest BCUT2D eigenvalue weighted by molar-refractivity contribution is 5.88. The fourth-order valence-corrected chi connectivity index (χ4v) is 3.38. The number of benzene rings is 1. The second-order valence-corrected chi connectivity index (χ2v) is 7.84. The van der Waals surface area contributed by atoms with Crippen LogP contribution in [-0.4, -0.2) is 32.0 Å². The van der Waals surface area contributed by atoms with E-state index in [-0.39, 0.29) is 23.7 Å². The normalized spacial score (nSPS) is 16.2. The zero-order chi connectivity index (χ0) is 19.1. The quantitative estimate of drug-likeness (QED) is 0.786. The van der Waals surface area contributed by atoms with E-state index in [0.29, 0.717) is 6.54 Å². The van der Waals surface area contributed by atoms with Crippen LogP contribution in [0.15, 0.2) is 24.3 Å². The largest absolute Gasteiger partial charge is 0.378 e. The summed E-state index contributed by atoms with van der Waals surface area (Å²) >= 11 is 0. The van der Waals surface area contributed by atoms with Crippen molar-refractivity contribution in [3.8, 4) is 0 Å². The van der Waals surface area contributed by atoms with Crippen LogP contribution in [-0.2, 0) is 16.1 Å². The third kappa shape index (κ3) is 5.75. The Kier molecular flexibility index (Phi) is 7.49. The van der Waals surface area contributed by atoms with E-state index in [1.165, 1.54) is 6.42 Å². The number of anilines is 1. The highest BCUT2D eigenvalue weighted by Crippen LogP contribution is 2.24. The van der Waals surface area contributed by atoms with Gasteiger partial charge in [-0.05, 0) is 36.5 Å². The number of carbonyl (C=O) groups is 2. The fraction of sp³-hybridized carbons (Fsp3) is 0.619. The minimum atomic E-state index is -0.481. The molecule has 2 amide bonds. The summed E-state index contributed by atoms with van der Waals surface area (Å²) in [5, 5.41) is 5.96. The molecule has 1 atom stereocenters. The zero-order valence-corrected chi connectivity index (χ0v) is 16.5. The summed E-state index contributed by atoms with van der Waals surface area (Å²) in [6.07, 6.45) is 5.32. The molecule has 5 nitrogen and oxygen atoms in total. The van der Waals surface area contributed by atoms with Crippen LogP contribution in [0.2, 0.25) is 0 Å². The van der Waals surface area contributed by atoms with Crippen molar-refractivity contribution in [1.82, 2.24) is 10.6 Å². The third-order valence-corrected chi connectivity index (χ3v) is 5.14. The van der Waals surface area contributed by atoms with E-state index in [1.54, 1.807) is 0 Å². The lowest BCUT2D eigenvalue weighted by Crippen LogP contribution is -2.51. The van der Waals surface area contributed by atoms with Gasteiger partial charge in [-0.15, -0.1) is 0 Å². The zero-order valence-electron chi connectivity index (χ0n) is 16.5. The summed E-state index contributed by atoms with van der Waals surface area (Å²) in [6, 6.07) is 7.62. The molecule has 0 heterocycles. The van der Waals surface area contributed by atoms with E-state index in [2.05, 4.69) is 10.6 Å². The molecular weight excluding hydrogens is 326 g/mol. The lowest BCUT2D eigenvalue weighted by atomic mass is 9.88. The van der Waals surface area contributed by atoms with Gasteiger partial charge in [0.15, 0.2) is 0 Å². The number of carbonyl (C=O) groups excluding carboxylic acids is 2. The Bertz CT molecular complexity index is 590. The average molecular weight is 360 g/mol. The lowest BCUT2D eigenvalue weighted by molar-refractivity contribution is -0.132. The highest BCUT2D eigenvalue weighted by atomic mass is 16.2. The smallest absolute Gasteiger partial charge is 0.243 e. The van der Waals surface area contributed by atoms with Gasteiger partial charge in [-0.1, -0.05) is 45.2 Å². The maximum atomic E-state index is 12.6. The number of rotatable bonds is 7. The first kappa shape index (κ1) is 20.3. The van der Waals surface area contributed by atoms with E-state index >= 15 is 0 Å². The van der Waals surface area contributed by atoms with Gasteiger partial charge in [0, 0.05) is 32.2 Å². The second kappa shape index (κ2) is 9.60. The number of nitrogens with one attached hydrogen (secondary N) is 2. The first-order chi connectivity index (χ1) is 12.4. The molecule has 0 spiro atoms. The molecule has 1 aliphatic rings. The van der Waals surface area contributed by atoms with Crippen LogP contribution in [0, 0.1) is 11.8 Å². The monoisotopic (exact) mass is 359 g/mol. The highest BCUT2D eigenvalue weighted by Gasteiger charge is 2.28. The van der Waals surface area contributed by atoms with Crippen molar-refractivity contribution < 1.29 is 9.59 Å². The molecule has 26 heavy (non-hydrogen) atoms. The van der Waals surface area contributed by atoms with Gasteiger partial charge in [-0.2, -0.15) is 0 Å². The van der Waals surface area contributed by atoms with Crippen LogP contribution in [0.1, 0.15) is 51.5 Å². The molecule has 0 saturated heterocycles. The van der Waals surface area contributed by atoms with E-state index in [4.69, 9.17) is 0 Å². The Balaban J connectivity index is 1.89. The van der Waals surface area contributed by atoms with Gasteiger partial charge in [0.1, 0.15) is 6.04 Å². The van der Waals surface area contributed by atoms with Gasteiger partial charge in [0.05, 0.1) is 0 Å². The topological polar surface area (TPSA) is 61.4 Å². The van der Waals surface area contributed by atoms with Crippen molar-refractivity contribution in [2.24, 2.45) is 11.8 Å². The molecule has 1 aliphatic carbocycles. The van der Waals surface area contributed by atoms with Crippen LogP contribution in [0.5, 0.6) is 0 Å². The van der Waals surface area contributed by atoms with E-state index in [1.807, 2.05) is 57.1 Å². The Morgan fingerprint density at radius 3 is 2.23 bits per heavy atom. The maximum absolute atomic E-state index is 12.6. The van der Waals surface area contributed by atoms with Crippen molar-refractivity contribution in [3.05, 3.63) is 29.8 Å². The molecule has 2 rings (SSSR count). The summed E-state index contributed by atoms with van der Waals surface area (Å²) in [7, 11) is 4.00. The van der Waals surface area contributed by atoms with Crippen molar-refractivity contribution in [3.63, 3.8) is 0 Å². The fourth-order valence-electron chi connectivity index (χ4n) is 3.38. The standard InChI is InChI=1S/C21H33N3O2/c1-15(2)19(23-20(25)17-8-6-5-7-9-17)21(26)22-14-16-10-12-18(13-11-16)24(3)4/h10-13,15,17,19H,5-9,14H2,1-4H3,(H,22,26)(H,23,25). The molecule has 1 saturated carbocycles. The van der Waals surface area contributed by atoms with Crippen molar-refractivity contribution in [1.29, 1.82) is 0 Å². The van der Waals surface area contributed by atoms with E-state index in [0.717, 1.165) is 36.9 Å². The number of amides is 2. The van der Waals surface area contributed by atoms with E-state index in [9.17, 15) is 9.59 Å². The molecule has 1 aromatic rings. The molecule has 1 fully saturated rings. The van der Waals surface area contributed by atoms with Gasteiger partial charge in [0.25, 0.3) is 0 Å². The molecule has 1 unspecified atom stereocenters. The predicted molar refractivity (Wildman–Crippen MR) is 106 cm³/mol. The molecule has 1 aromatic carbocycles. The lowest BCUT2D eigenvalue weighted by Gasteiger charge is -2.26. The average Bonchev–Trinajstić information content (AvgIpc) is 2.64. The number of hydrogen-bond donors (Lipinski definition) is 2. The summed E-state index contributed by atoms with van der Waals surface area (Å²) in [5.74, 6) is 0.0461. The van der Waals surface area contributed by atoms with Gasteiger partial charge < -0.3 is 15.5 Å². The number of hydrogen-bond acceptors (Lipinski definition) is 3. The SMILES string of the molecule is CC(C)C(NC(=O)C1CCCCC1)C(=O)NCc1ccc(N(C)C)cc1. The molecule has 0 radical (unpaired) electrons. The van der Waals surface area contributed by atoms with Crippen LogP contribution < -0.4 is 15.5 Å². The molecule has 0 aliphatic heterocycles. The van der Waals surface area contributed by atoms with Gasteiger partial charge in [-0.25, -0.2) is 0 Å². The Morgan fingerprint density at radius 1 is 1.08 bits per heavy atom. The van der Waals surface area contributed by atoms with Crippen LogP contribution in [0.3, 0.4) is 0 Å². The first-order valence-electron chi connectivity index (χ1n) is 9.73. The molecule has 5 heteroatoms. The molecule has 144 valence electrons. The molecule has 2 N–H and O–H groups in total. The third-order valence-electron chi connectivity index (χ3n) is 5.14. The first-order valence-corrected chi connectivity index (χ1v) is 9.73. The van der Waals surface area contributed by atoms with Gasteiger partial charge in [-0.3, -0.25) is 9.59 Å².